The molecule has 166 valence electrons. The minimum Gasteiger partial charge on any atom is -0.332 e. The Kier molecular flexibility index (Phi) is 7.12. The van der Waals surface area contributed by atoms with Crippen molar-refractivity contribution in [1.82, 2.24) is 9.21 Å². The zero-order chi connectivity index (χ0) is 22.6. The Morgan fingerprint density at radius 3 is 2.19 bits per heavy atom. The average molecular weight is 444 g/mol. The molecule has 1 fully saturated rings. The van der Waals surface area contributed by atoms with E-state index in [2.05, 4.69) is 12.2 Å². The van der Waals surface area contributed by atoms with Crippen molar-refractivity contribution in [2.45, 2.75) is 31.6 Å². The first kappa shape index (κ1) is 23.0. The predicted octanol–water partition coefficient (Wildman–Crippen LogP) is 3.13. The molecule has 0 bridgehead atoms. The molecule has 1 N–H and O–H groups in total. The van der Waals surface area contributed by atoms with E-state index in [1.165, 1.54) is 40.5 Å². The highest BCUT2D eigenvalue weighted by atomic mass is 32.2. The van der Waals surface area contributed by atoms with Crippen molar-refractivity contribution in [1.29, 1.82) is 0 Å². The number of carbonyl (C=O) groups excluding carboxylic acids is 2. The van der Waals surface area contributed by atoms with Gasteiger partial charge in [-0.05, 0) is 62.1 Å². The summed E-state index contributed by atoms with van der Waals surface area (Å²) >= 11 is 0. The lowest BCUT2D eigenvalue weighted by molar-refractivity contribution is -0.116. The van der Waals surface area contributed by atoms with Crippen LogP contribution in [-0.2, 0) is 14.8 Å². The number of anilines is 1. The Labute approximate surface area is 184 Å². The van der Waals surface area contributed by atoms with Crippen LogP contribution in [0.1, 0.15) is 35.7 Å². The number of likely N-dealkylation sites (N-methyl/N-ethyl adjacent to an activating group) is 1. The van der Waals surface area contributed by atoms with Crippen LogP contribution in [0.4, 0.5) is 5.69 Å². The van der Waals surface area contributed by atoms with Crippen molar-refractivity contribution in [3.8, 4) is 0 Å². The van der Waals surface area contributed by atoms with E-state index in [1.807, 2.05) is 19.1 Å². The van der Waals surface area contributed by atoms with Gasteiger partial charge >= 0.3 is 0 Å². The monoisotopic (exact) mass is 443 g/mol. The number of piperidine rings is 1. The third-order valence-corrected chi connectivity index (χ3v) is 7.46. The van der Waals surface area contributed by atoms with Gasteiger partial charge in [0.1, 0.15) is 0 Å². The molecule has 31 heavy (non-hydrogen) atoms. The van der Waals surface area contributed by atoms with E-state index in [1.54, 1.807) is 12.1 Å². The number of amides is 2. The SMILES string of the molecule is Cc1ccc(NC(=O)CN(C)C(=O)c2ccc(S(=O)(=O)N3CCC(C)CC3)cc2)cc1. The summed E-state index contributed by atoms with van der Waals surface area (Å²) in [4.78, 5) is 26.4. The number of hydrogen-bond acceptors (Lipinski definition) is 4. The molecule has 0 radical (unpaired) electrons. The average Bonchev–Trinajstić information content (AvgIpc) is 2.75. The number of sulfonamides is 1. The lowest BCUT2D eigenvalue weighted by Gasteiger charge is -2.29. The number of aryl methyl sites for hydroxylation is 1. The molecule has 1 heterocycles. The topological polar surface area (TPSA) is 86.8 Å². The third-order valence-electron chi connectivity index (χ3n) is 5.54. The summed E-state index contributed by atoms with van der Waals surface area (Å²) in [5.41, 5.74) is 2.08. The van der Waals surface area contributed by atoms with E-state index < -0.39 is 10.0 Å². The molecule has 0 atom stereocenters. The van der Waals surface area contributed by atoms with Gasteiger partial charge in [0.2, 0.25) is 15.9 Å². The number of rotatable bonds is 6. The summed E-state index contributed by atoms with van der Waals surface area (Å²) in [5, 5.41) is 2.76. The first-order valence-electron chi connectivity index (χ1n) is 10.4. The van der Waals surface area contributed by atoms with E-state index in [4.69, 9.17) is 0 Å². The van der Waals surface area contributed by atoms with Crippen LogP contribution >= 0.6 is 0 Å². The highest BCUT2D eigenvalue weighted by Gasteiger charge is 2.28. The maximum atomic E-state index is 12.8. The van der Waals surface area contributed by atoms with Gasteiger partial charge < -0.3 is 10.2 Å². The number of carbonyl (C=O) groups is 2. The lowest BCUT2D eigenvalue weighted by Crippen LogP contribution is -2.38. The van der Waals surface area contributed by atoms with Crippen LogP contribution in [0, 0.1) is 12.8 Å². The maximum Gasteiger partial charge on any atom is 0.254 e. The van der Waals surface area contributed by atoms with Crippen molar-refractivity contribution in [2.24, 2.45) is 5.92 Å². The van der Waals surface area contributed by atoms with Crippen molar-refractivity contribution in [3.63, 3.8) is 0 Å². The molecule has 2 amide bonds. The second kappa shape index (κ2) is 9.62. The van der Waals surface area contributed by atoms with Crippen LogP contribution in [0.3, 0.4) is 0 Å². The fourth-order valence-electron chi connectivity index (χ4n) is 3.49. The van der Waals surface area contributed by atoms with Gasteiger partial charge in [0.25, 0.3) is 5.91 Å². The second-order valence-electron chi connectivity index (χ2n) is 8.19. The summed E-state index contributed by atoms with van der Waals surface area (Å²) in [6, 6.07) is 13.3. The smallest absolute Gasteiger partial charge is 0.254 e. The van der Waals surface area contributed by atoms with Crippen molar-refractivity contribution >= 4 is 27.5 Å². The molecule has 1 aliphatic heterocycles. The number of nitrogens with one attached hydrogen (secondary N) is 1. The molecular formula is C23H29N3O4S. The lowest BCUT2D eigenvalue weighted by atomic mass is 10.0. The molecule has 3 rings (SSSR count). The zero-order valence-electron chi connectivity index (χ0n) is 18.2. The van der Waals surface area contributed by atoms with E-state index in [9.17, 15) is 18.0 Å². The van der Waals surface area contributed by atoms with Crippen molar-refractivity contribution in [2.75, 3.05) is 32.0 Å². The summed E-state index contributed by atoms with van der Waals surface area (Å²) in [6.07, 6.45) is 1.70. The van der Waals surface area contributed by atoms with Crippen LogP contribution in [0.25, 0.3) is 0 Å². The van der Waals surface area contributed by atoms with Crippen LogP contribution in [0.2, 0.25) is 0 Å². The Morgan fingerprint density at radius 1 is 1.03 bits per heavy atom. The van der Waals surface area contributed by atoms with Gasteiger partial charge in [-0.3, -0.25) is 9.59 Å². The van der Waals surface area contributed by atoms with E-state index in [-0.39, 0.29) is 23.3 Å². The van der Waals surface area contributed by atoms with Gasteiger partial charge in [-0.15, -0.1) is 0 Å². The third kappa shape index (κ3) is 5.71. The second-order valence-corrected chi connectivity index (χ2v) is 10.1. The molecule has 0 aliphatic carbocycles. The number of hydrogen-bond donors (Lipinski definition) is 1. The molecule has 0 aromatic heterocycles. The van der Waals surface area contributed by atoms with Gasteiger partial charge in [0.05, 0.1) is 11.4 Å². The van der Waals surface area contributed by atoms with Crippen LogP contribution in [0.15, 0.2) is 53.4 Å². The Hall–Kier alpha value is -2.71. The first-order chi connectivity index (χ1) is 14.7. The van der Waals surface area contributed by atoms with Crippen molar-refractivity contribution < 1.29 is 18.0 Å². The minimum absolute atomic E-state index is 0.112. The first-order valence-corrected chi connectivity index (χ1v) is 11.8. The molecule has 2 aromatic carbocycles. The molecule has 0 spiro atoms. The van der Waals surface area contributed by atoms with Gasteiger partial charge in [0.15, 0.2) is 0 Å². The molecule has 2 aromatic rings. The highest BCUT2D eigenvalue weighted by Crippen LogP contribution is 2.23. The fraction of sp³-hybridized carbons (Fsp3) is 0.391. The summed E-state index contributed by atoms with van der Waals surface area (Å²) < 4.78 is 27.2. The Balaban J connectivity index is 1.61. The minimum atomic E-state index is -3.56. The van der Waals surface area contributed by atoms with E-state index >= 15 is 0 Å². The van der Waals surface area contributed by atoms with Crippen molar-refractivity contribution in [3.05, 3.63) is 59.7 Å². The molecule has 1 aliphatic rings. The van der Waals surface area contributed by atoms with E-state index in [0.717, 1.165) is 18.4 Å². The van der Waals surface area contributed by atoms with Crippen LogP contribution in [-0.4, -0.2) is 56.1 Å². The molecule has 8 heteroatoms. The van der Waals surface area contributed by atoms with Gasteiger partial charge in [-0.2, -0.15) is 4.31 Å². The molecule has 1 saturated heterocycles. The maximum absolute atomic E-state index is 12.8. The predicted molar refractivity (Wildman–Crippen MR) is 120 cm³/mol. The largest absolute Gasteiger partial charge is 0.332 e. The standard InChI is InChI=1S/C23H29N3O4S/c1-17-4-8-20(9-5-17)24-22(27)16-25(3)23(28)19-6-10-21(11-7-19)31(29,30)26-14-12-18(2)13-15-26/h4-11,18H,12-16H2,1-3H3,(H,24,27). The molecular weight excluding hydrogens is 414 g/mol. The van der Waals surface area contributed by atoms with Crippen LogP contribution in [0.5, 0.6) is 0 Å². The molecule has 0 unspecified atom stereocenters. The van der Waals surface area contributed by atoms with Crippen LogP contribution < -0.4 is 5.32 Å². The number of nitrogens with zero attached hydrogens (tertiary/aromatic N) is 2. The van der Waals surface area contributed by atoms with Gasteiger partial charge in [0, 0.05) is 31.4 Å². The quantitative estimate of drug-likeness (QED) is 0.743. The Morgan fingerprint density at radius 2 is 1.61 bits per heavy atom. The highest BCUT2D eigenvalue weighted by molar-refractivity contribution is 7.89. The van der Waals surface area contributed by atoms with Gasteiger partial charge in [-0.25, -0.2) is 8.42 Å². The van der Waals surface area contributed by atoms with E-state index in [0.29, 0.717) is 30.3 Å². The Bertz CT molecular complexity index is 1030. The molecule has 0 saturated carbocycles. The normalized spacial score (nSPS) is 15.5. The fourth-order valence-corrected chi connectivity index (χ4v) is 4.96. The number of benzene rings is 2. The van der Waals surface area contributed by atoms with Gasteiger partial charge in [-0.1, -0.05) is 24.6 Å². The molecule has 7 nitrogen and oxygen atoms in total. The zero-order valence-corrected chi connectivity index (χ0v) is 19.0. The summed E-state index contributed by atoms with van der Waals surface area (Å²) in [5.74, 6) is -0.127. The summed E-state index contributed by atoms with van der Waals surface area (Å²) in [6.45, 7) is 5.01. The summed E-state index contributed by atoms with van der Waals surface area (Å²) in [7, 11) is -2.02.